The van der Waals surface area contributed by atoms with E-state index in [0.29, 0.717) is 12.5 Å². The SMILES string of the molecule is CCNC(=NCc1ccccc1CO)NC1CCN(C(=O)C2CCCC2)C1.I. The van der Waals surface area contributed by atoms with Gasteiger partial charge in [0.25, 0.3) is 0 Å². The molecule has 1 aliphatic carbocycles. The second-order valence-electron chi connectivity index (χ2n) is 7.52. The van der Waals surface area contributed by atoms with E-state index in [9.17, 15) is 9.90 Å². The van der Waals surface area contributed by atoms with Gasteiger partial charge in [0, 0.05) is 31.6 Å². The number of benzene rings is 1. The maximum atomic E-state index is 12.6. The van der Waals surface area contributed by atoms with Gasteiger partial charge in [0.2, 0.25) is 5.91 Å². The van der Waals surface area contributed by atoms with Crippen LogP contribution in [0.3, 0.4) is 0 Å². The lowest BCUT2D eigenvalue weighted by Crippen LogP contribution is -2.45. The van der Waals surface area contributed by atoms with Crippen LogP contribution >= 0.6 is 24.0 Å². The molecule has 0 bridgehead atoms. The number of halogens is 1. The number of amides is 1. The molecule has 1 heterocycles. The van der Waals surface area contributed by atoms with Crippen LogP contribution in [0.1, 0.15) is 50.2 Å². The number of guanidine groups is 1. The number of nitrogens with one attached hydrogen (secondary N) is 2. The van der Waals surface area contributed by atoms with Crippen molar-refractivity contribution in [1.29, 1.82) is 0 Å². The average Bonchev–Trinajstić information content (AvgIpc) is 3.38. The fraction of sp³-hybridized carbons (Fsp3) is 0.619. The number of aliphatic hydroxyl groups is 1. The van der Waals surface area contributed by atoms with Crippen LogP contribution in [0.15, 0.2) is 29.3 Å². The molecule has 2 aliphatic rings. The molecule has 1 atom stereocenters. The zero-order valence-electron chi connectivity index (χ0n) is 16.7. The molecule has 1 amide bonds. The Morgan fingerprint density at radius 1 is 1.21 bits per heavy atom. The molecule has 156 valence electrons. The fourth-order valence-electron chi connectivity index (χ4n) is 4.05. The first-order valence-corrected chi connectivity index (χ1v) is 10.2. The van der Waals surface area contributed by atoms with Crippen molar-refractivity contribution in [2.24, 2.45) is 10.9 Å². The number of likely N-dealkylation sites (tertiary alicyclic amines) is 1. The molecule has 0 spiro atoms. The van der Waals surface area contributed by atoms with Crippen LogP contribution in [0.2, 0.25) is 0 Å². The predicted molar refractivity (Wildman–Crippen MR) is 123 cm³/mol. The van der Waals surface area contributed by atoms with E-state index < -0.39 is 0 Å². The number of carbonyl (C=O) groups excluding carboxylic acids is 1. The first-order chi connectivity index (χ1) is 13.2. The molecule has 0 radical (unpaired) electrons. The van der Waals surface area contributed by atoms with Crippen molar-refractivity contribution >= 4 is 35.8 Å². The molecular formula is C21H33IN4O2. The van der Waals surface area contributed by atoms with Gasteiger partial charge in [-0.25, -0.2) is 4.99 Å². The largest absolute Gasteiger partial charge is 0.392 e. The molecule has 0 aromatic heterocycles. The molecule has 1 unspecified atom stereocenters. The molecule has 1 aromatic rings. The Bertz CT molecular complexity index is 662. The maximum Gasteiger partial charge on any atom is 0.225 e. The minimum Gasteiger partial charge on any atom is -0.392 e. The topological polar surface area (TPSA) is 77.0 Å². The van der Waals surface area contributed by atoms with E-state index in [1.165, 1.54) is 12.8 Å². The quantitative estimate of drug-likeness (QED) is 0.319. The lowest BCUT2D eigenvalue weighted by Gasteiger charge is -2.21. The van der Waals surface area contributed by atoms with Gasteiger partial charge in [-0.3, -0.25) is 4.79 Å². The molecule has 1 saturated carbocycles. The van der Waals surface area contributed by atoms with Gasteiger partial charge in [0.05, 0.1) is 13.2 Å². The fourth-order valence-corrected chi connectivity index (χ4v) is 4.05. The van der Waals surface area contributed by atoms with Crippen molar-refractivity contribution in [3.63, 3.8) is 0 Å². The van der Waals surface area contributed by atoms with Gasteiger partial charge < -0.3 is 20.6 Å². The standard InChI is InChI=1S/C21H32N4O2.HI/c1-2-22-21(23-13-17-9-5-6-10-18(17)15-26)24-19-11-12-25(14-19)20(27)16-7-3-4-8-16;/h5-6,9-10,16,19,26H,2-4,7-8,11-15H2,1H3,(H2,22,23,24);1H. The van der Waals surface area contributed by atoms with E-state index in [2.05, 4.69) is 15.6 Å². The maximum absolute atomic E-state index is 12.6. The highest BCUT2D eigenvalue weighted by molar-refractivity contribution is 14.0. The Labute approximate surface area is 185 Å². The van der Waals surface area contributed by atoms with Gasteiger partial charge in [-0.15, -0.1) is 24.0 Å². The van der Waals surface area contributed by atoms with Crippen LogP contribution in [-0.2, 0) is 17.9 Å². The predicted octanol–water partition coefficient (Wildman–Crippen LogP) is 2.64. The summed E-state index contributed by atoms with van der Waals surface area (Å²) in [6.07, 6.45) is 5.45. The number of aliphatic hydroxyl groups excluding tert-OH is 1. The van der Waals surface area contributed by atoms with E-state index in [1.807, 2.05) is 36.1 Å². The van der Waals surface area contributed by atoms with Gasteiger partial charge >= 0.3 is 0 Å². The summed E-state index contributed by atoms with van der Waals surface area (Å²) in [5.41, 5.74) is 1.94. The number of nitrogens with zero attached hydrogens (tertiary/aromatic N) is 2. The third-order valence-corrected chi connectivity index (χ3v) is 5.59. The van der Waals surface area contributed by atoms with Gasteiger partial charge in [0.15, 0.2) is 5.96 Å². The summed E-state index contributed by atoms with van der Waals surface area (Å²) >= 11 is 0. The summed E-state index contributed by atoms with van der Waals surface area (Å²) < 4.78 is 0. The van der Waals surface area contributed by atoms with Crippen molar-refractivity contribution in [3.8, 4) is 0 Å². The summed E-state index contributed by atoms with van der Waals surface area (Å²) in [5.74, 6) is 1.36. The van der Waals surface area contributed by atoms with E-state index >= 15 is 0 Å². The average molecular weight is 500 g/mol. The third-order valence-electron chi connectivity index (χ3n) is 5.59. The number of rotatable bonds is 6. The monoisotopic (exact) mass is 500 g/mol. The Hall–Kier alpha value is -1.35. The summed E-state index contributed by atoms with van der Waals surface area (Å²) in [6, 6.07) is 8.05. The molecule has 6 nitrogen and oxygen atoms in total. The van der Waals surface area contributed by atoms with Gasteiger partial charge in [-0.05, 0) is 37.3 Å². The number of hydrogen-bond acceptors (Lipinski definition) is 3. The van der Waals surface area contributed by atoms with Crippen LogP contribution in [0.4, 0.5) is 0 Å². The number of carbonyl (C=O) groups is 1. The zero-order chi connectivity index (χ0) is 19.1. The normalized spacial score (nSPS) is 20.1. The first-order valence-electron chi connectivity index (χ1n) is 10.2. The molecule has 1 aliphatic heterocycles. The van der Waals surface area contributed by atoms with E-state index in [0.717, 1.165) is 56.0 Å². The van der Waals surface area contributed by atoms with Crippen LogP contribution < -0.4 is 10.6 Å². The van der Waals surface area contributed by atoms with Crippen molar-refractivity contribution < 1.29 is 9.90 Å². The summed E-state index contributed by atoms with van der Waals surface area (Å²) in [6.45, 7) is 4.96. The molecular weight excluding hydrogens is 467 g/mol. The van der Waals surface area contributed by atoms with E-state index in [1.54, 1.807) is 0 Å². The highest BCUT2D eigenvalue weighted by atomic mass is 127. The molecule has 3 N–H and O–H groups in total. The molecule has 3 rings (SSSR count). The van der Waals surface area contributed by atoms with E-state index in [-0.39, 0.29) is 42.5 Å². The highest BCUT2D eigenvalue weighted by Gasteiger charge is 2.32. The minimum atomic E-state index is 0. The van der Waals surface area contributed by atoms with Crippen LogP contribution in [-0.4, -0.2) is 47.5 Å². The Morgan fingerprint density at radius 2 is 1.93 bits per heavy atom. The highest BCUT2D eigenvalue weighted by Crippen LogP contribution is 2.27. The molecule has 7 heteroatoms. The molecule has 1 saturated heterocycles. The second kappa shape index (κ2) is 11.6. The number of hydrogen-bond donors (Lipinski definition) is 3. The minimum absolute atomic E-state index is 0. The van der Waals surface area contributed by atoms with Crippen LogP contribution in [0.25, 0.3) is 0 Å². The first kappa shape index (κ1) is 22.9. The second-order valence-corrected chi connectivity index (χ2v) is 7.52. The van der Waals surface area contributed by atoms with Crippen LogP contribution in [0.5, 0.6) is 0 Å². The lowest BCUT2D eigenvalue weighted by atomic mass is 10.1. The zero-order valence-corrected chi connectivity index (χ0v) is 19.0. The van der Waals surface area contributed by atoms with Gasteiger partial charge in [-0.1, -0.05) is 37.1 Å². The Morgan fingerprint density at radius 3 is 2.61 bits per heavy atom. The molecule has 1 aromatic carbocycles. The van der Waals surface area contributed by atoms with Crippen molar-refractivity contribution in [3.05, 3.63) is 35.4 Å². The summed E-state index contributed by atoms with van der Waals surface area (Å²) in [4.78, 5) is 19.3. The van der Waals surface area contributed by atoms with Crippen molar-refractivity contribution in [1.82, 2.24) is 15.5 Å². The molecule has 28 heavy (non-hydrogen) atoms. The third kappa shape index (κ3) is 6.07. The smallest absolute Gasteiger partial charge is 0.225 e. The van der Waals surface area contributed by atoms with E-state index in [4.69, 9.17) is 0 Å². The van der Waals surface area contributed by atoms with Crippen molar-refractivity contribution in [2.45, 2.75) is 58.2 Å². The number of aliphatic imine (C=N–C) groups is 1. The summed E-state index contributed by atoms with van der Waals surface area (Å²) in [5, 5.41) is 16.2. The van der Waals surface area contributed by atoms with Crippen molar-refractivity contribution in [2.75, 3.05) is 19.6 Å². The Kier molecular flexibility index (Phi) is 9.50. The lowest BCUT2D eigenvalue weighted by molar-refractivity contribution is -0.134. The summed E-state index contributed by atoms with van der Waals surface area (Å²) in [7, 11) is 0. The van der Waals surface area contributed by atoms with Crippen LogP contribution in [0, 0.1) is 5.92 Å². The Balaban J connectivity index is 0.00000280. The van der Waals surface area contributed by atoms with Gasteiger partial charge in [-0.2, -0.15) is 0 Å². The molecule has 2 fully saturated rings. The van der Waals surface area contributed by atoms with Gasteiger partial charge in [0.1, 0.15) is 0 Å².